The van der Waals surface area contributed by atoms with Gasteiger partial charge in [0.05, 0.1) is 12.1 Å². The lowest BCUT2D eigenvalue weighted by atomic mass is 10.2. The molecular formula is C11H16N2. The zero-order chi connectivity index (χ0) is 10.1. The molecule has 0 aromatic rings. The molecule has 0 aliphatic heterocycles. The van der Waals surface area contributed by atoms with Gasteiger partial charge in [-0.25, -0.2) is 0 Å². The summed E-state index contributed by atoms with van der Waals surface area (Å²) in [6, 6.07) is 1.93. The first-order valence-corrected chi connectivity index (χ1v) is 4.51. The summed E-state index contributed by atoms with van der Waals surface area (Å²) in [5.41, 5.74) is 1.72. The molecular weight excluding hydrogens is 160 g/mol. The van der Waals surface area contributed by atoms with Gasteiger partial charge in [0.2, 0.25) is 0 Å². The standard InChI is InChI=1S/C11H16N2/c1-4-6-11(5-2)9-13-8-10(3)7-12/h6,8H,3-5,9H2,1-2H3/b11-6-,13-8?. The van der Waals surface area contributed by atoms with Crippen LogP contribution in [0, 0.1) is 11.3 Å². The molecule has 0 rings (SSSR count). The Balaban J connectivity index is 4.00. The van der Waals surface area contributed by atoms with E-state index in [1.54, 1.807) is 0 Å². The van der Waals surface area contributed by atoms with Crippen molar-refractivity contribution in [1.29, 1.82) is 5.26 Å². The number of rotatable bonds is 5. The minimum absolute atomic E-state index is 0.409. The number of hydrogen-bond acceptors (Lipinski definition) is 2. The van der Waals surface area contributed by atoms with Crippen molar-refractivity contribution in [3.05, 3.63) is 23.8 Å². The molecule has 0 aromatic carbocycles. The van der Waals surface area contributed by atoms with Gasteiger partial charge >= 0.3 is 0 Å². The summed E-state index contributed by atoms with van der Waals surface area (Å²) >= 11 is 0. The van der Waals surface area contributed by atoms with Crippen LogP contribution in [0.2, 0.25) is 0 Å². The maximum Gasteiger partial charge on any atom is 0.100 e. The van der Waals surface area contributed by atoms with Crippen LogP contribution in [0.3, 0.4) is 0 Å². The summed E-state index contributed by atoms with van der Waals surface area (Å²) in [4.78, 5) is 4.12. The van der Waals surface area contributed by atoms with E-state index in [2.05, 4.69) is 31.5 Å². The fraction of sp³-hybridized carbons (Fsp3) is 0.455. The molecule has 0 N–H and O–H groups in total. The maximum atomic E-state index is 8.41. The summed E-state index contributed by atoms with van der Waals surface area (Å²) in [5.74, 6) is 0. The van der Waals surface area contributed by atoms with Crippen molar-refractivity contribution in [3.63, 3.8) is 0 Å². The SMILES string of the molecule is C=C(C#N)C=NC/C(=C\CC)CC. The topological polar surface area (TPSA) is 36.1 Å². The third-order valence-corrected chi connectivity index (χ3v) is 1.63. The predicted molar refractivity (Wildman–Crippen MR) is 56.8 cm³/mol. The van der Waals surface area contributed by atoms with Crippen LogP contribution in [0.25, 0.3) is 0 Å². The van der Waals surface area contributed by atoms with Gasteiger partial charge in [-0.15, -0.1) is 0 Å². The lowest BCUT2D eigenvalue weighted by Crippen LogP contribution is -1.88. The molecule has 70 valence electrons. The van der Waals surface area contributed by atoms with Crippen LogP contribution in [-0.4, -0.2) is 12.8 Å². The molecule has 13 heavy (non-hydrogen) atoms. The van der Waals surface area contributed by atoms with E-state index in [0.717, 1.165) is 12.8 Å². The molecule has 0 bridgehead atoms. The van der Waals surface area contributed by atoms with E-state index in [1.165, 1.54) is 11.8 Å². The smallest absolute Gasteiger partial charge is 0.100 e. The second kappa shape index (κ2) is 7.30. The van der Waals surface area contributed by atoms with Gasteiger partial charge in [-0.05, 0) is 12.8 Å². The molecule has 0 aliphatic carbocycles. The highest BCUT2D eigenvalue weighted by Crippen LogP contribution is 2.02. The van der Waals surface area contributed by atoms with Crippen LogP contribution in [0.15, 0.2) is 28.8 Å². The van der Waals surface area contributed by atoms with Crippen LogP contribution in [0.4, 0.5) is 0 Å². The summed E-state index contributed by atoms with van der Waals surface area (Å²) in [5, 5.41) is 8.41. The van der Waals surface area contributed by atoms with Crippen LogP contribution in [0.5, 0.6) is 0 Å². The van der Waals surface area contributed by atoms with Crippen molar-refractivity contribution < 1.29 is 0 Å². The number of allylic oxidation sites excluding steroid dienone is 2. The van der Waals surface area contributed by atoms with Gasteiger partial charge in [0.25, 0.3) is 0 Å². The third-order valence-electron chi connectivity index (χ3n) is 1.63. The molecule has 2 heteroatoms. The Bertz CT molecular complexity index is 254. The van der Waals surface area contributed by atoms with Gasteiger partial charge < -0.3 is 0 Å². The Morgan fingerprint density at radius 1 is 1.54 bits per heavy atom. The Hall–Kier alpha value is -1.36. The summed E-state index contributed by atoms with van der Waals surface area (Å²) < 4.78 is 0. The fourth-order valence-electron chi connectivity index (χ4n) is 0.911. The molecule has 0 radical (unpaired) electrons. The van der Waals surface area contributed by atoms with Gasteiger partial charge in [-0.3, -0.25) is 4.99 Å². The van der Waals surface area contributed by atoms with Crippen LogP contribution < -0.4 is 0 Å². The average molecular weight is 176 g/mol. The van der Waals surface area contributed by atoms with E-state index < -0.39 is 0 Å². The molecule has 0 fully saturated rings. The van der Waals surface area contributed by atoms with Crippen LogP contribution in [0.1, 0.15) is 26.7 Å². The number of nitriles is 1. The first-order valence-electron chi connectivity index (χ1n) is 4.51. The molecule has 0 atom stereocenters. The first-order chi connectivity index (χ1) is 6.24. The minimum Gasteiger partial charge on any atom is -0.287 e. The van der Waals surface area contributed by atoms with Gasteiger partial charge in [0.1, 0.15) is 6.07 Å². The first kappa shape index (κ1) is 11.6. The molecule has 2 nitrogen and oxygen atoms in total. The molecule has 0 unspecified atom stereocenters. The maximum absolute atomic E-state index is 8.41. The second-order valence-corrected chi connectivity index (χ2v) is 2.73. The fourth-order valence-corrected chi connectivity index (χ4v) is 0.911. The molecule has 0 spiro atoms. The lowest BCUT2D eigenvalue weighted by Gasteiger charge is -1.98. The van der Waals surface area contributed by atoms with Gasteiger partial charge in [-0.1, -0.05) is 32.1 Å². The zero-order valence-corrected chi connectivity index (χ0v) is 8.38. The highest BCUT2D eigenvalue weighted by molar-refractivity contribution is 5.82. The Morgan fingerprint density at radius 3 is 2.69 bits per heavy atom. The van der Waals surface area contributed by atoms with Crippen LogP contribution >= 0.6 is 0 Å². The normalized spacial score (nSPS) is 11.6. The molecule has 0 saturated carbocycles. The molecule has 0 aliphatic rings. The highest BCUT2D eigenvalue weighted by atomic mass is 14.7. The van der Waals surface area contributed by atoms with E-state index in [4.69, 9.17) is 5.26 Å². The van der Waals surface area contributed by atoms with Crippen molar-refractivity contribution in [2.24, 2.45) is 4.99 Å². The summed E-state index contributed by atoms with van der Waals surface area (Å²) in [7, 11) is 0. The quantitative estimate of drug-likeness (QED) is 0.360. The Kier molecular flexibility index (Phi) is 6.53. The van der Waals surface area contributed by atoms with E-state index >= 15 is 0 Å². The van der Waals surface area contributed by atoms with Crippen molar-refractivity contribution >= 4 is 6.21 Å². The number of hydrogen-bond donors (Lipinski definition) is 0. The number of nitrogens with zero attached hydrogens (tertiary/aromatic N) is 2. The Labute approximate surface area is 80.3 Å². The van der Waals surface area contributed by atoms with Gasteiger partial charge in [0, 0.05) is 6.21 Å². The minimum atomic E-state index is 0.409. The van der Waals surface area contributed by atoms with Crippen molar-refractivity contribution in [1.82, 2.24) is 0 Å². The molecule has 0 heterocycles. The van der Waals surface area contributed by atoms with E-state index in [-0.39, 0.29) is 0 Å². The monoisotopic (exact) mass is 176 g/mol. The summed E-state index contributed by atoms with van der Waals surface area (Å²) in [6.07, 6.45) is 5.76. The van der Waals surface area contributed by atoms with Gasteiger partial charge in [0.15, 0.2) is 0 Å². The predicted octanol–water partition coefficient (Wildman–Crippen LogP) is 2.88. The second-order valence-electron chi connectivity index (χ2n) is 2.73. The Morgan fingerprint density at radius 2 is 2.23 bits per heavy atom. The molecule has 0 amide bonds. The molecule has 0 saturated heterocycles. The zero-order valence-electron chi connectivity index (χ0n) is 8.38. The van der Waals surface area contributed by atoms with Crippen molar-refractivity contribution in [3.8, 4) is 6.07 Å². The molecule has 0 aromatic heterocycles. The van der Waals surface area contributed by atoms with Crippen molar-refractivity contribution in [2.45, 2.75) is 26.7 Å². The summed E-state index contributed by atoms with van der Waals surface area (Å²) in [6.45, 7) is 8.41. The van der Waals surface area contributed by atoms with Crippen LogP contribution in [-0.2, 0) is 0 Å². The largest absolute Gasteiger partial charge is 0.287 e. The average Bonchev–Trinajstić information content (AvgIpc) is 2.16. The third kappa shape index (κ3) is 5.86. The van der Waals surface area contributed by atoms with E-state index in [1.807, 2.05) is 6.07 Å². The highest BCUT2D eigenvalue weighted by Gasteiger charge is 1.90. The van der Waals surface area contributed by atoms with Crippen molar-refractivity contribution in [2.75, 3.05) is 6.54 Å². The van der Waals surface area contributed by atoms with E-state index in [0.29, 0.717) is 12.1 Å². The number of aliphatic imine (C=N–C) groups is 1. The lowest BCUT2D eigenvalue weighted by molar-refractivity contribution is 0.985. The van der Waals surface area contributed by atoms with E-state index in [9.17, 15) is 0 Å². The van der Waals surface area contributed by atoms with Gasteiger partial charge in [-0.2, -0.15) is 5.26 Å².